The summed E-state index contributed by atoms with van der Waals surface area (Å²) in [5.41, 5.74) is -1.75. The molecule has 0 unspecified atom stereocenters. The standard InChI is InChI=1S/C21H16ClF3O5/c1-11(2)29-17(26)10-28-14-7-8-15-16(9-14)30-20(21(23,24)25)18(19(15)27)12-3-5-13(22)6-4-12/h3-9,11H,10H2,1-2H3. The summed E-state index contributed by atoms with van der Waals surface area (Å²) in [5.74, 6) is -2.02. The van der Waals surface area contributed by atoms with E-state index in [1.807, 2.05) is 0 Å². The predicted octanol–water partition coefficient (Wildman–Crippen LogP) is 5.46. The second kappa shape index (κ2) is 8.39. The quantitative estimate of drug-likeness (QED) is 0.493. The number of rotatable bonds is 5. The zero-order chi connectivity index (χ0) is 22.1. The van der Waals surface area contributed by atoms with Gasteiger partial charge in [-0.05, 0) is 43.7 Å². The molecule has 0 amide bonds. The fourth-order valence-electron chi connectivity index (χ4n) is 2.78. The summed E-state index contributed by atoms with van der Waals surface area (Å²) in [6.45, 7) is 2.89. The van der Waals surface area contributed by atoms with Crippen molar-refractivity contribution in [1.82, 2.24) is 0 Å². The Morgan fingerprint density at radius 2 is 1.80 bits per heavy atom. The van der Waals surface area contributed by atoms with E-state index in [0.29, 0.717) is 5.02 Å². The molecule has 0 saturated heterocycles. The van der Waals surface area contributed by atoms with Crippen LogP contribution < -0.4 is 10.2 Å². The first kappa shape index (κ1) is 21.7. The van der Waals surface area contributed by atoms with Gasteiger partial charge in [0.2, 0.25) is 11.2 Å². The second-order valence-corrected chi connectivity index (χ2v) is 7.06. The molecule has 0 aliphatic heterocycles. The Morgan fingerprint density at radius 3 is 2.40 bits per heavy atom. The summed E-state index contributed by atoms with van der Waals surface area (Å²) in [6, 6.07) is 9.16. The van der Waals surface area contributed by atoms with Gasteiger partial charge in [-0.1, -0.05) is 23.7 Å². The van der Waals surface area contributed by atoms with Crippen LogP contribution >= 0.6 is 11.6 Å². The summed E-state index contributed by atoms with van der Waals surface area (Å²) in [7, 11) is 0. The van der Waals surface area contributed by atoms with Gasteiger partial charge in [-0.2, -0.15) is 13.2 Å². The van der Waals surface area contributed by atoms with E-state index in [0.717, 1.165) is 6.07 Å². The molecular weight excluding hydrogens is 425 g/mol. The third-order valence-corrected chi connectivity index (χ3v) is 4.23. The molecule has 0 spiro atoms. The van der Waals surface area contributed by atoms with Crippen LogP contribution in [0.25, 0.3) is 22.1 Å². The van der Waals surface area contributed by atoms with E-state index < -0.39 is 35.5 Å². The molecule has 0 atom stereocenters. The lowest BCUT2D eigenvalue weighted by atomic mass is 10.0. The van der Waals surface area contributed by atoms with Crippen molar-refractivity contribution in [3.8, 4) is 16.9 Å². The first-order chi connectivity index (χ1) is 14.1. The molecule has 0 fully saturated rings. The molecule has 3 aromatic rings. The number of fused-ring (bicyclic) bond motifs is 1. The molecule has 0 aliphatic rings. The van der Waals surface area contributed by atoms with Crippen LogP contribution in [0.2, 0.25) is 5.02 Å². The van der Waals surface area contributed by atoms with E-state index in [-0.39, 0.29) is 28.4 Å². The lowest BCUT2D eigenvalue weighted by Crippen LogP contribution is -2.19. The Morgan fingerprint density at radius 1 is 1.13 bits per heavy atom. The highest BCUT2D eigenvalue weighted by Gasteiger charge is 2.39. The van der Waals surface area contributed by atoms with Crippen LogP contribution in [0.5, 0.6) is 5.75 Å². The predicted molar refractivity (Wildman–Crippen MR) is 105 cm³/mol. The molecule has 1 heterocycles. The Hall–Kier alpha value is -3.00. The van der Waals surface area contributed by atoms with E-state index >= 15 is 0 Å². The topological polar surface area (TPSA) is 65.7 Å². The van der Waals surface area contributed by atoms with Gasteiger partial charge in [-0.25, -0.2) is 4.79 Å². The van der Waals surface area contributed by atoms with Crippen LogP contribution in [0.3, 0.4) is 0 Å². The maximum Gasteiger partial charge on any atom is 0.450 e. The number of esters is 1. The molecule has 1 aromatic heterocycles. The summed E-state index contributed by atoms with van der Waals surface area (Å²) in [6.07, 6.45) is -5.25. The van der Waals surface area contributed by atoms with E-state index in [4.69, 9.17) is 25.5 Å². The number of ether oxygens (including phenoxy) is 2. The number of carbonyl (C=O) groups excluding carboxylic acids is 1. The fourth-order valence-corrected chi connectivity index (χ4v) is 2.91. The van der Waals surface area contributed by atoms with Gasteiger partial charge in [0.25, 0.3) is 0 Å². The van der Waals surface area contributed by atoms with Crippen LogP contribution in [-0.4, -0.2) is 18.7 Å². The minimum absolute atomic E-state index is 0.0270. The minimum Gasteiger partial charge on any atom is -0.482 e. The highest BCUT2D eigenvalue weighted by molar-refractivity contribution is 6.30. The molecule has 0 radical (unpaired) electrons. The van der Waals surface area contributed by atoms with Crippen molar-refractivity contribution in [2.75, 3.05) is 6.61 Å². The lowest BCUT2D eigenvalue weighted by molar-refractivity contribution is -0.152. The van der Waals surface area contributed by atoms with Crippen molar-refractivity contribution in [3.05, 3.63) is 63.5 Å². The van der Waals surface area contributed by atoms with Gasteiger partial charge in [0.1, 0.15) is 11.3 Å². The average Bonchev–Trinajstić information content (AvgIpc) is 2.66. The van der Waals surface area contributed by atoms with Gasteiger partial charge in [0.05, 0.1) is 17.1 Å². The zero-order valence-electron chi connectivity index (χ0n) is 15.9. The number of carbonyl (C=O) groups is 1. The van der Waals surface area contributed by atoms with E-state index in [1.54, 1.807) is 13.8 Å². The van der Waals surface area contributed by atoms with Crippen molar-refractivity contribution in [1.29, 1.82) is 0 Å². The molecule has 0 N–H and O–H groups in total. The van der Waals surface area contributed by atoms with Crippen LogP contribution in [-0.2, 0) is 15.7 Å². The van der Waals surface area contributed by atoms with Crippen molar-refractivity contribution >= 4 is 28.5 Å². The number of benzene rings is 2. The molecule has 9 heteroatoms. The van der Waals surface area contributed by atoms with E-state index in [1.165, 1.54) is 36.4 Å². The van der Waals surface area contributed by atoms with Crippen LogP contribution in [0.15, 0.2) is 51.7 Å². The SMILES string of the molecule is CC(C)OC(=O)COc1ccc2c(=O)c(-c3ccc(Cl)cc3)c(C(F)(F)F)oc2c1. The summed E-state index contributed by atoms with van der Waals surface area (Å²) in [5, 5.41) is 0.250. The monoisotopic (exact) mass is 440 g/mol. The third kappa shape index (κ3) is 4.76. The molecule has 5 nitrogen and oxygen atoms in total. The normalized spacial score (nSPS) is 11.7. The van der Waals surface area contributed by atoms with Crippen molar-refractivity contribution in [2.45, 2.75) is 26.1 Å². The maximum absolute atomic E-state index is 13.6. The highest BCUT2D eigenvalue weighted by atomic mass is 35.5. The van der Waals surface area contributed by atoms with Crippen molar-refractivity contribution in [2.24, 2.45) is 0 Å². The van der Waals surface area contributed by atoms with Crippen molar-refractivity contribution < 1.29 is 31.9 Å². The highest BCUT2D eigenvalue weighted by Crippen LogP contribution is 2.38. The average molecular weight is 441 g/mol. The summed E-state index contributed by atoms with van der Waals surface area (Å²) in [4.78, 5) is 24.4. The van der Waals surface area contributed by atoms with Gasteiger partial charge in [-0.3, -0.25) is 4.79 Å². The Bertz CT molecular complexity index is 1130. The fraction of sp³-hybridized carbons (Fsp3) is 0.238. The van der Waals surface area contributed by atoms with Gasteiger partial charge >= 0.3 is 12.1 Å². The van der Waals surface area contributed by atoms with Crippen LogP contribution in [0.4, 0.5) is 13.2 Å². The van der Waals surface area contributed by atoms with Gasteiger partial charge in [0.15, 0.2) is 6.61 Å². The maximum atomic E-state index is 13.6. The van der Waals surface area contributed by atoms with Crippen molar-refractivity contribution in [3.63, 3.8) is 0 Å². The molecule has 158 valence electrons. The molecular formula is C21H16ClF3O5. The number of hydrogen-bond acceptors (Lipinski definition) is 5. The van der Waals surface area contributed by atoms with Crippen LogP contribution in [0, 0.1) is 0 Å². The Balaban J connectivity index is 2.07. The Kier molecular flexibility index (Phi) is 6.07. The number of halogens is 4. The van der Waals surface area contributed by atoms with Gasteiger partial charge < -0.3 is 13.9 Å². The largest absolute Gasteiger partial charge is 0.482 e. The summed E-state index contributed by atoms with van der Waals surface area (Å²) >= 11 is 5.79. The van der Waals surface area contributed by atoms with E-state index in [9.17, 15) is 22.8 Å². The second-order valence-electron chi connectivity index (χ2n) is 6.63. The zero-order valence-corrected chi connectivity index (χ0v) is 16.6. The molecule has 0 aliphatic carbocycles. The molecule has 30 heavy (non-hydrogen) atoms. The molecule has 0 bridgehead atoms. The smallest absolute Gasteiger partial charge is 0.450 e. The first-order valence-corrected chi connectivity index (χ1v) is 9.20. The molecule has 3 rings (SSSR count). The van der Waals surface area contributed by atoms with E-state index in [2.05, 4.69) is 0 Å². The third-order valence-electron chi connectivity index (χ3n) is 3.98. The molecule has 2 aromatic carbocycles. The summed E-state index contributed by atoms with van der Waals surface area (Å²) < 4.78 is 56.2. The van der Waals surface area contributed by atoms with Crippen LogP contribution in [0.1, 0.15) is 19.6 Å². The van der Waals surface area contributed by atoms with Gasteiger partial charge in [-0.15, -0.1) is 0 Å². The first-order valence-electron chi connectivity index (χ1n) is 8.82. The Labute approximate surface area is 174 Å². The van der Waals surface area contributed by atoms with Gasteiger partial charge in [0, 0.05) is 11.1 Å². The lowest BCUT2D eigenvalue weighted by Gasteiger charge is -2.13. The minimum atomic E-state index is -4.92. The number of alkyl halides is 3. The number of hydrogen-bond donors (Lipinski definition) is 0. The molecule has 0 saturated carbocycles.